The molecule has 0 N–H and O–H groups in total. The first-order valence-electron chi connectivity index (χ1n) is 12.1. The van der Waals surface area contributed by atoms with E-state index in [1.54, 1.807) is 35.4 Å². The van der Waals surface area contributed by atoms with Crippen LogP contribution in [-0.2, 0) is 14.8 Å². The van der Waals surface area contributed by atoms with Gasteiger partial charge in [0.25, 0.3) is 5.91 Å². The van der Waals surface area contributed by atoms with Crippen molar-refractivity contribution < 1.29 is 13.2 Å². The third kappa shape index (κ3) is 4.64. The fourth-order valence-electron chi connectivity index (χ4n) is 4.80. The van der Waals surface area contributed by atoms with Crippen LogP contribution in [0.2, 0.25) is 0 Å². The highest BCUT2D eigenvalue weighted by Gasteiger charge is 2.36. The fourth-order valence-corrected chi connectivity index (χ4v) is 7.01. The van der Waals surface area contributed by atoms with Crippen LogP contribution in [0.25, 0.3) is 11.6 Å². The second-order valence-electron chi connectivity index (χ2n) is 8.59. The van der Waals surface area contributed by atoms with Gasteiger partial charge in [-0.2, -0.15) is 4.31 Å². The number of hydrogen-bond donors (Lipinski definition) is 0. The van der Waals surface area contributed by atoms with E-state index in [1.165, 1.54) is 15.6 Å². The molecule has 0 saturated heterocycles. The minimum Gasteiger partial charge on any atom is -0.308 e. The number of benzene rings is 3. The van der Waals surface area contributed by atoms with E-state index in [0.717, 1.165) is 11.1 Å². The number of likely N-dealkylation sites (N-methyl/N-ethyl adjacent to an activating group) is 1. The van der Waals surface area contributed by atoms with Crippen molar-refractivity contribution in [3.05, 3.63) is 112 Å². The highest BCUT2D eigenvalue weighted by atomic mass is 32.2. The minimum atomic E-state index is -3.93. The van der Waals surface area contributed by atoms with Crippen LogP contribution in [-0.4, -0.2) is 36.7 Å². The van der Waals surface area contributed by atoms with E-state index in [-0.39, 0.29) is 17.3 Å². The zero-order chi connectivity index (χ0) is 26.0. The molecule has 8 heteroatoms. The lowest BCUT2D eigenvalue weighted by Crippen LogP contribution is -2.35. The second kappa shape index (κ2) is 10.4. The van der Waals surface area contributed by atoms with Crippen LogP contribution in [0.4, 0.5) is 5.69 Å². The Kier molecular flexibility index (Phi) is 7.06. The standard InChI is InChI=1S/C29H27N3O3S2/c1-3-31-26-16-15-23(19-24(26)25(29(31)33)20-27-30-17-18-36-27)37(34,35)32(4-2)28(21-11-7-5-8-12-21)22-13-9-6-10-14-22/h5-20,28H,3-4H2,1-2H3/b25-20+. The van der Waals surface area contributed by atoms with Crippen LogP contribution < -0.4 is 4.90 Å². The van der Waals surface area contributed by atoms with Crippen molar-refractivity contribution in [2.45, 2.75) is 24.8 Å². The Morgan fingerprint density at radius 3 is 2.16 bits per heavy atom. The van der Waals surface area contributed by atoms with Crippen LogP contribution in [0.1, 0.15) is 41.6 Å². The van der Waals surface area contributed by atoms with Gasteiger partial charge in [-0.05, 0) is 42.3 Å². The van der Waals surface area contributed by atoms with Gasteiger partial charge in [-0.1, -0.05) is 67.6 Å². The molecule has 0 fully saturated rings. The number of carbonyl (C=O) groups is 1. The smallest absolute Gasteiger partial charge is 0.259 e. The summed E-state index contributed by atoms with van der Waals surface area (Å²) < 4.78 is 29.9. The van der Waals surface area contributed by atoms with Gasteiger partial charge >= 0.3 is 0 Å². The maximum atomic E-state index is 14.2. The molecule has 1 aliphatic rings. The number of carbonyl (C=O) groups excluding carboxylic acids is 1. The topological polar surface area (TPSA) is 70.6 Å². The number of fused-ring (bicyclic) bond motifs is 1. The third-order valence-electron chi connectivity index (χ3n) is 6.50. The summed E-state index contributed by atoms with van der Waals surface area (Å²) in [5.41, 5.74) is 3.54. The van der Waals surface area contributed by atoms with Crippen molar-refractivity contribution in [1.82, 2.24) is 9.29 Å². The Balaban J connectivity index is 1.63. The predicted octanol–water partition coefficient (Wildman–Crippen LogP) is 5.85. The van der Waals surface area contributed by atoms with Gasteiger partial charge in [-0.3, -0.25) is 4.79 Å². The van der Waals surface area contributed by atoms with Crippen molar-refractivity contribution in [2.24, 2.45) is 0 Å². The van der Waals surface area contributed by atoms with Crippen LogP contribution in [0.5, 0.6) is 0 Å². The van der Waals surface area contributed by atoms with Gasteiger partial charge in [0, 0.05) is 30.2 Å². The monoisotopic (exact) mass is 529 g/mol. The molecule has 1 amide bonds. The molecule has 37 heavy (non-hydrogen) atoms. The molecule has 0 spiro atoms. The first kappa shape index (κ1) is 25.1. The average Bonchev–Trinajstić information content (AvgIpc) is 3.53. The molecule has 188 valence electrons. The molecule has 6 nitrogen and oxygen atoms in total. The molecule has 0 radical (unpaired) electrons. The Morgan fingerprint density at radius 2 is 1.62 bits per heavy atom. The summed E-state index contributed by atoms with van der Waals surface area (Å²) in [7, 11) is -3.93. The van der Waals surface area contributed by atoms with E-state index >= 15 is 0 Å². The van der Waals surface area contributed by atoms with Crippen LogP contribution in [0.15, 0.2) is 95.3 Å². The van der Waals surface area contributed by atoms with Crippen molar-refractivity contribution in [2.75, 3.05) is 18.0 Å². The van der Waals surface area contributed by atoms with Gasteiger partial charge < -0.3 is 4.90 Å². The third-order valence-corrected chi connectivity index (χ3v) is 9.16. The van der Waals surface area contributed by atoms with Gasteiger partial charge in [0.15, 0.2) is 0 Å². The summed E-state index contributed by atoms with van der Waals surface area (Å²) in [5, 5.41) is 2.54. The van der Waals surface area contributed by atoms with Crippen LogP contribution >= 0.6 is 11.3 Å². The highest BCUT2D eigenvalue weighted by Crippen LogP contribution is 2.41. The second-order valence-corrected chi connectivity index (χ2v) is 11.4. The first-order valence-corrected chi connectivity index (χ1v) is 14.5. The van der Waals surface area contributed by atoms with Crippen LogP contribution in [0, 0.1) is 0 Å². The quantitative estimate of drug-likeness (QED) is 0.269. The Morgan fingerprint density at radius 1 is 0.973 bits per heavy atom. The molecule has 4 aromatic rings. The van der Waals surface area contributed by atoms with E-state index < -0.39 is 16.1 Å². The molecule has 0 unspecified atom stereocenters. The van der Waals surface area contributed by atoms with Crippen LogP contribution in [0.3, 0.4) is 0 Å². The number of anilines is 1. The maximum Gasteiger partial charge on any atom is 0.259 e. The zero-order valence-corrected chi connectivity index (χ0v) is 22.2. The number of nitrogens with zero attached hydrogens (tertiary/aromatic N) is 3. The highest BCUT2D eigenvalue weighted by molar-refractivity contribution is 7.89. The summed E-state index contributed by atoms with van der Waals surface area (Å²) in [4.78, 5) is 19.3. The number of thiazole rings is 1. The van der Waals surface area contributed by atoms with Crippen molar-refractivity contribution >= 4 is 44.6 Å². The normalized spacial score (nSPS) is 14.6. The van der Waals surface area contributed by atoms with E-state index in [1.807, 2.05) is 79.9 Å². The molecular formula is C29H27N3O3S2. The minimum absolute atomic E-state index is 0.152. The number of sulfonamides is 1. The van der Waals surface area contributed by atoms with Gasteiger partial charge in [0.05, 0.1) is 22.2 Å². The van der Waals surface area contributed by atoms with Gasteiger partial charge in [-0.15, -0.1) is 11.3 Å². The largest absolute Gasteiger partial charge is 0.308 e. The summed E-state index contributed by atoms with van der Waals surface area (Å²) >= 11 is 1.43. The molecule has 5 rings (SSSR count). The molecule has 3 aromatic carbocycles. The molecule has 1 aliphatic heterocycles. The molecule has 2 heterocycles. The molecule has 0 atom stereocenters. The first-order chi connectivity index (χ1) is 18.0. The summed E-state index contributed by atoms with van der Waals surface area (Å²) in [5.74, 6) is -0.152. The fraction of sp³-hybridized carbons (Fsp3) is 0.172. The Hall–Kier alpha value is -3.59. The number of hydrogen-bond acceptors (Lipinski definition) is 5. The maximum absolute atomic E-state index is 14.2. The van der Waals surface area contributed by atoms with E-state index in [2.05, 4.69) is 4.98 Å². The molecule has 0 bridgehead atoms. The Bertz CT molecular complexity index is 1490. The van der Waals surface area contributed by atoms with E-state index in [9.17, 15) is 13.2 Å². The lowest BCUT2D eigenvalue weighted by molar-refractivity contribution is -0.112. The number of rotatable bonds is 8. The summed E-state index contributed by atoms with van der Waals surface area (Å²) in [6.45, 7) is 4.51. The molecule has 0 saturated carbocycles. The summed E-state index contributed by atoms with van der Waals surface area (Å²) in [6.07, 6.45) is 3.43. The lowest BCUT2D eigenvalue weighted by Gasteiger charge is -2.31. The Labute approximate surface area is 221 Å². The van der Waals surface area contributed by atoms with Crippen molar-refractivity contribution in [3.8, 4) is 0 Å². The predicted molar refractivity (Wildman–Crippen MR) is 149 cm³/mol. The van der Waals surface area contributed by atoms with Crippen molar-refractivity contribution in [1.29, 1.82) is 0 Å². The van der Waals surface area contributed by atoms with Gasteiger partial charge in [0.1, 0.15) is 5.01 Å². The van der Waals surface area contributed by atoms with E-state index in [0.29, 0.717) is 28.4 Å². The molecule has 0 aliphatic carbocycles. The van der Waals surface area contributed by atoms with Crippen molar-refractivity contribution in [3.63, 3.8) is 0 Å². The number of aromatic nitrogens is 1. The molecule has 1 aromatic heterocycles. The SMILES string of the molecule is CCN1C(=O)/C(=C/c2nccs2)c2cc(S(=O)(=O)N(CC)C(c3ccccc3)c3ccccc3)ccc21. The summed E-state index contributed by atoms with van der Waals surface area (Å²) in [6, 6.07) is 23.8. The number of amides is 1. The van der Waals surface area contributed by atoms with Gasteiger partial charge in [-0.25, -0.2) is 13.4 Å². The van der Waals surface area contributed by atoms with E-state index in [4.69, 9.17) is 0 Å². The molecular weight excluding hydrogens is 502 g/mol. The zero-order valence-electron chi connectivity index (χ0n) is 20.6. The van der Waals surface area contributed by atoms with Gasteiger partial charge in [0.2, 0.25) is 10.0 Å². The average molecular weight is 530 g/mol. The lowest BCUT2D eigenvalue weighted by atomic mass is 9.99.